The SMILES string of the molecule is CC#Cc1ccc(C#CC(C)(C)C)cc1. The van der Waals surface area contributed by atoms with E-state index in [1.807, 2.05) is 31.2 Å². The Hall–Kier alpha value is -1.66. The monoisotopic (exact) mass is 196 g/mol. The lowest BCUT2D eigenvalue weighted by Crippen LogP contribution is -1.99. The highest BCUT2D eigenvalue weighted by Crippen LogP contribution is 2.11. The zero-order chi connectivity index (χ0) is 11.3. The van der Waals surface area contributed by atoms with Gasteiger partial charge in [-0.25, -0.2) is 0 Å². The van der Waals surface area contributed by atoms with Crippen molar-refractivity contribution < 1.29 is 0 Å². The van der Waals surface area contributed by atoms with Crippen LogP contribution >= 0.6 is 0 Å². The summed E-state index contributed by atoms with van der Waals surface area (Å²) in [6.45, 7) is 8.16. The van der Waals surface area contributed by atoms with E-state index in [2.05, 4.69) is 44.5 Å². The smallest absolute Gasteiger partial charge is 0.0246 e. The Morgan fingerprint density at radius 1 is 0.867 bits per heavy atom. The highest BCUT2D eigenvalue weighted by atomic mass is 14.1. The van der Waals surface area contributed by atoms with Gasteiger partial charge in [0.1, 0.15) is 0 Å². The second kappa shape index (κ2) is 4.72. The zero-order valence-electron chi connectivity index (χ0n) is 9.81. The van der Waals surface area contributed by atoms with Crippen LogP contribution in [-0.2, 0) is 0 Å². The van der Waals surface area contributed by atoms with Crippen LogP contribution in [0.25, 0.3) is 0 Å². The molecule has 0 unspecified atom stereocenters. The third kappa shape index (κ3) is 4.39. The molecule has 0 aliphatic carbocycles. The van der Waals surface area contributed by atoms with E-state index in [4.69, 9.17) is 0 Å². The van der Waals surface area contributed by atoms with Crippen LogP contribution in [0.5, 0.6) is 0 Å². The minimum atomic E-state index is 0.0574. The van der Waals surface area contributed by atoms with Gasteiger partial charge in [0, 0.05) is 16.5 Å². The molecule has 0 amide bonds. The van der Waals surface area contributed by atoms with Gasteiger partial charge in [-0.3, -0.25) is 0 Å². The quantitative estimate of drug-likeness (QED) is 0.557. The molecule has 0 saturated carbocycles. The van der Waals surface area contributed by atoms with Gasteiger partial charge < -0.3 is 0 Å². The standard InChI is InChI=1S/C15H16/c1-5-6-13-7-9-14(10-8-13)11-12-15(2,3)4/h7-10H,1-4H3. The number of benzene rings is 1. The molecule has 76 valence electrons. The highest BCUT2D eigenvalue weighted by molar-refractivity contribution is 5.42. The second-order valence-corrected chi connectivity index (χ2v) is 4.45. The minimum absolute atomic E-state index is 0.0574. The molecule has 0 fully saturated rings. The lowest BCUT2D eigenvalue weighted by molar-refractivity contribution is 0.571. The van der Waals surface area contributed by atoms with E-state index in [1.54, 1.807) is 0 Å². The van der Waals surface area contributed by atoms with Gasteiger partial charge in [-0.2, -0.15) is 0 Å². The molecule has 0 heteroatoms. The summed E-state index contributed by atoms with van der Waals surface area (Å²) in [5, 5.41) is 0. The maximum Gasteiger partial charge on any atom is 0.0246 e. The van der Waals surface area contributed by atoms with Crippen LogP contribution in [0.1, 0.15) is 38.8 Å². The largest absolute Gasteiger partial charge is 0.101 e. The summed E-state index contributed by atoms with van der Waals surface area (Å²) < 4.78 is 0. The van der Waals surface area contributed by atoms with Crippen LogP contribution in [0, 0.1) is 29.1 Å². The fourth-order valence-corrected chi connectivity index (χ4v) is 1.04. The van der Waals surface area contributed by atoms with Crippen molar-refractivity contribution in [3.8, 4) is 23.7 Å². The van der Waals surface area contributed by atoms with E-state index < -0.39 is 0 Å². The Bertz CT molecular complexity index is 433. The maximum absolute atomic E-state index is 3.20. The van der Waals surface area contributed by atoms with E-state index in [1.165, 1.54) is 0 Å². The molecule has 0 heterocycles. The Kier molecular flexibility index (Phi) is 3.59. The summed E-state index contributed by atoms with van der Waals surface area (Å²) >= 11 is 0. The molecule has 0 aromatic heterocycles. The summed E-state index contributed by atoms with van der Waals surface area (Å²) in [5.74, 6) is 12.2. The molecule has 0 radical (unpaired) electrons. The van der Waals surface area contributed by atoms with Gasteiger partial charge in [0.25, 0.3) is 0 Å². The van der Waals surface area contributed by atoms with Gasteiger partial charge in [-0.1, -0.05) is 17.8 Å². The van der Waals surface area contributed by atoms with Crippen molar-refractivity contribution in [2.75, 3.05) is 0 Å². The number of rotatable bonds is 0. The van der Waals surface area contributed by atoms with Crippen LogP contribution < -0.4 is 0 Å². The van der Waals surface area contributed by atoms with Crippen molar-refractivity contribution in [3.63, 3.8) is 0 Å². The van der Waals surface area contributed by atoms with Gasteiger partial charge in [-0.15, -0.1) is 5.92 Å². The van der Waals surface area contributed by atoms with Crippen molar-refractivity contribution in [1.82, 2.24) is 0 Å². The van der Waals surface area contributed by atoms with Crippen LogP contribution in [0.2, 0.25) is 0 Å². The molecule has 0 atom stereocenters. The summed E-state index contributed by atoms with van der Waals surface area (Å²) in [6.07, 6.45) is 0. The highest BCUT2D eigenvalue weighted by Gasteiger charge is 2.03. The lowest BCUT2D eigenvalue weighted by atomic mass is 9.97. The number of hydrogen-bond donors (Lipinski definition) is 0. The Morgan fingerprint density at radius 2 is 1.33 bits per heavy atom. The fourth-order valence-electron chi connectivity index (χ4n) is 1.04. The second-order valence-electron chi connectivity index (χ2n) is 4.45. The van der Waals surface area contributed by atoms with Crippen molar-refractivity contribution in [2.24, 2.45) is 5.41 Å². The Morgan fingerprint density at radius 3 is 1.73 bits per heavy atom. The maximum atomic E-state index is 3.20. The van der Waals surface area contributed by atoms with Crippen LogP contribution in [0.4, 0.5) is 0 Å². The van der Waals surface area contributed by atoms with Crippen LogP contribution in [0.3, 0.4) is 0 Å². The first-order valence-electron chi connectivity index (χ1n) is 5.07. The summed E-state index contributed by atoms with van der Waals surface area (Å²) in [5.41, 5.74) is 2.15. The Balaban J connectivity index is 2.88. The van der Waals surface area contributed by atoms with Gasteiger partial charge >= 0.3 is 0 Å². The molecule has 0 aliphatic heterocycles. The molecule has 15 heavy (non-hydrogen) atoms. The summed E-state index contributed by atoms with van der Waals surface area (Å²) in [7, 11) is 0. The van der Waals surface area contributed by atoms with Gasteiger partial charge in [0.2, 0.25) is 0 Å². The van der Waals surface area contributed by atoms with Crippen molar-refractivity contribution in [1.29, 1.82) is 0 Å². The third-order valence-electron chi connectivity index (χ3n) is 1.74. The molecular formula is C15H16. The van der Waals surface area contributed by atoms with E-state index in [0.717, 1.165) is 11.1 Å². The van der Waals surface area contributed by atoms with Gasteiger partial charge in [-0.05, 0) is 52.0 Å². The van der Waals surface area contributed by atoms with Gasteiger partial charge in [0.05, 0.1) is 0 Å². The first kappa shape index (κ1) is 11.4. The van der Waals surface area contributed by atoms with E-state index in [0.29, 0.717) is 0 Å². The Labute approximate surface area is 92.7 Å². The van der Waals surface area contributed by atoms with E-state index in [9.17, 15) is 0 Å². The molecule has 0 spiro atoms. The van der Waals surface area contributed by atoms with E-state index in [-0.39, 0.29) is 5.41 Å². The lowest BCUT2D eigenvalue weighted by Gasteiger charge is -2.06. The number of hydrogen-bond acceptors (Lipinski definition) is 0. The molecule has 1 rings (SSSR count). The molecule has 0 aliphatic rings. The predicted molar refractivity (Wildman–Crippen MR) is 65.3 cm³/mol. The minimum Gasteiger partial charge on any atom is -0.101 e. The molecule has 0 N–H and O–H groups in total. The molecule has 0 bridgehead atoms. The fraction of sp³-hybridized carbons (Fsp3) is 0.333. The molecular weight excluding hydrogens is 180 g/mol. The molecule has 1 aromatic rings. The van der Waals surface area contributed by atoms with Crippen molar-refractivity contribution >= 4 is 0 Å². The van der Waals surface area contributed by atoms with Gasteiger partial charge in [0.15, 0.2) is 0 Å². The van der Waals surface area contributed by atoms with E-state index >= 15 is 0 Å². The normalized spacial score (nSPS) is 9.60. The first-order valence-corrected chi connectivity index (χ1v) is 5.07. The average molecular weight is 196 g/mol. The topological polar surface area (TPSA) is 0 Å². The third-order valence-corrected chi connectivity index (χ3v) is 1.74. The molecule has 0 saturated heterocycles. The average Bonchev–Trinajstić information content (AvgIpc) is 2.16. The van der Waals surface area contributed by atoms with Crippen molar-refractivity contribution in [2.45, 2.75) is 27.7 Å². The first-order chi connectivity index (χ1) is 7.01. The van der Waals surface area contributed by atoms with Crippen molar-refractivity contribution in [3.05, 3.63) is 35.4 Å². The predicted octanol–water partition coefficient (Wildman–Crippen LogP) is 3.46. The zero-order valence-corrected chi connectivity index (χ0v) is 9.81. The van der Waals surface area contributed by atoms with Crippen LogP contribution in [0.15, 0.2) is 24.3 Å². The molecule has 0 nitrogen and oxygen atoms in total. The summed E-state index contributed by atoms with van der Waals surface area (Å²) in [4.78, 5) is 0. The van der Waals surface area contributed by atoms with Crippen LogP contribution in [-0.4, -0.2) is 0 Å². The molecule has 1 aromatic carbocycles. The summed E-state index contributed by atoms with van der Waals surface area (Å²) in [6, 6.07) is 8.03.